The Kier molecular flexibility index (Phi) is 3.18. The molecule has 0 bridgehead atoms. The first-order chi connectivity index (χ1) is 9.63. The summed E-state index contributed by atoms with van der Waals surface area (Å²) < 4.78 is 0. The summed E-state index contributed by atoms with van der Waals surface area (Å²) in [4.78, 5) is 13.9. The Morgan fingerprint density at radius 3 is 2.75 bits per heavy atom. The lowest BCUT2D eigenvalue weighted by atomic mass is 10.2. The third-order valence-electron chi connectivity index (χ3n) is 3.54. The number of aromatic hydroxyl groups is 1. The molecule has 0 aliphatic heterocycles. The van der Waals surface area contributed by atoms with Crippen molar-refractivity contribution in [1.29, 1.82) is 0 Å². The molecule has 1 heterocycles. The molecule has 2 aromatic rings. The van der Waals surface area contributed by atoms with Gasteiger partial charge >= 0.3 is 0 Å². The molecule has 1 aliphatic carbocycles. The predicted octanol–water partition coefficient (Wildman–Crippen LogP) is 2.26. The molecule has 5 nitrogen and oxygen atoms in total. The highest BCUT2D eigenvalue weighted by Gasteiger charge is 2.27. The van der Waals surface area contributed by atoms with Crippen LogP contribution < -0.4 is 0 Å². The summed E-state index contributed by atoms with van der Waals surface area (Å²) >= 11 is 0. The van der Waals surface area contributed by atoms with Gasteiger partial charge in [-0.2, -0.15) is 5.10 Å². The number of amides is 1. The Labute approximate surface area is 117 Å². The average Bonchev–Trinajstić information content (AvgIpc) is 3.18. The van der Waals surface area contributed by atoms with Crippen LogP contribution in [0.25, 0.3) is 0 Å². The normalized spacial score (nSPS) is 14.2. The van der Waals surface area contributed by atoms with Crippen LogP contribution in [0.5, 0.6) is 5.75 Å². The molecule has 5 heteroatoms. The molecule has 0 saturated heterocycles. The first-order valence-electron chi connectivity index (χ1n) is 6.72. The van der Waals surface area contributed by atoms with Crippen LogP contribution in [-0.2, 0) is 6.54 Å². The first kappa shape index (κ1) is 12.7. The highest BCUT2D eigenvalue weighted by Crippen LogP contribution is 2.39. The SMILES string of the molecule is CN(Cc1ccc(O)cc1)C(=O)c1cc(C2CC2)[nH]n1. The maximum atomic E-state index is 12.3. The van der Waals surface area contributed by atoms with Gasteiger partial charge in [0.25, 0.3) is 5.91 Å². The van der Waals surface area contributed by atoms with E-state index in [-0.39, 0.29) is 11.7 Å². The van der Waals surface area contributed by atoms with Gasteiger partial charge in [-0.1, -0.05) is 12.1 Å². The van der Waals surface area contributed by atoms with Crippen molar-refractivity contribution in [1.82, 2.24) is 15.1 Å². The number of phenolic OH excluding ortho intramolecular Hbond substituents is 1. The molecule has 1 aromatic heterocycles. The van der Waals surface area contributed by atoms with Crippen LogP contribution in [0.1, 0.15) is 40.5 Å². The second-order valence-electron chi connectivity index (χ2n) is 5.31. The summed E-state index contributed by atoms with van der Waals surface area (Å²) in [5, 5.41) is 16.3. The number of benzene rings is 1. The van der Waals surface area contributed by atoms with Crippen LogP contribution in [0, 0.1) is 0 Å². The van der Waals surface area contributed by atoms with E-state index in [9.17, 15) is 9.90 Å². The van der Waals surface area contributed by atoms with E-state index in [1.165, 1.54) is 12.8 Å². The van der Waals surface area contributed by atoms with Crippen molar-refractivity contribution in [3.05, 3.63) is 47.3 Å². The molecule has 1 aromatic carbocycles. The molecule has 104 valence electrons. The van der Waals surface area contributed by atoms with Crippen molar-refractivity contribution in [3.63, 3.8) is 0 Å². The first-order valence-corrected chi connectivity index (χ1v) is 6.72. The van der Waals surface area contributed by atoms with E-state index in [0.717, 1.165) is 11.3 Å². The summed E-state index contributed by atoms with van der Waals surface area (Å²) in [6.07, 6.45) is 2.36. The van der Waals surface area contributed by atoms with Crippen LogP contribution >= 0.6 is 0 Å². The Bertz CT molecular complexity index is 614. The number of phenols is 1. The highest BCUT2D eigenvalue weighted by molar-refractivity contribution is 5.92. The van der Waals surface area contributed by atoms with E-state index in [4.69, 9.17) is 0 Å². The molecule has 1 amide bonds. The van der Waals surface area contributed by atoms with Crippen LogP contribution in [0.15, 0.2) is 30.3 Å². The fourth-order valence-electron chi connectivity index (χ4n) is 2.19. The zero-order valence-corrected chi connectivity index (χ0v) is 11.3. The van der Waals surface area contributed by atoms with Gasteiger partial charge in [0, 0.05) is 25.2 Å². The summed E-state index contributed by atoms with van der Waals surface area (Å²) in [5.74, 6) is 0.691. The number of hydrogen-bond acceptors (Lipinski definition) is 3. The largest absolute Gasteiger partial charge is 0.508 e. The zero-order valence-electron chi connectivity index (χ0n) is 11.3. The van der Waals surface area contributed by atoms with Gasteiger partial charge in [0.05, 0.1) is 0 Å². The fraction of sp³-hybridized carbons (Fsp3) is 0.333. The molecule has 2 N–H and O–H groups in total. The molecule has 20 heavy (non-hydrogen) atoms. The molecular weight excluding hydrogens is 254 g/mol. The monoisotopic (exact) mass is 271 g/mol. The summed E-state index contributed by atoms with van der Waals surface area (Å²) in [7, 11) is 1.75. The van der Waals surface area contributed by atoms with Crippen molar-refractivity contribution < 1.29 is 9.90 Å². The van der Waals surface area contributed by atoms with E-state index < -0.39 is 0 Å². The molecule has 1 saturated carbocycles. The number of carbonyl (C=O) groups excluding carboxylic acids is 1. The van der Waals surface area contributed by atoms with Crippen molar-refractivity contribution in [2.75, 3.05) is 7.05 Å². The van der Waals surface area contributed by atoms with E-state index in [0.29, 0.717) is 18.2 Å². The molecule has 1 aliphatic rings. The van der Waals surface area contributed by atoms with Crippen LogP contribution in [0.2, 0.25) is 0 Å². The maximum Gasteiger partial charge on any atom is 0.274 e. The van der Waals surface area contributed by atoms with E-state index in [1.54, 1.807) is 36.2 Å². The summed E-state index contributed by atoms with van der Waals surface area (Å²) in [6, 6.07) is 8.70. The second-order valence-corrected chi connectivity index (χ2v) is 5.31. The predicted molar refractivity (Wildman–Crippen MR) is 74.5 cm³/mol. The average molecular weight is 271 g/mol. The van der Waals surface area contributed by atoms with Crippen LogP contribution in [0.3, 0.4) is 0 Å². The van der Waals surface area contributed by atoms with E-state index in [1.807, 2.05) is 6.07 Å². The lowest BCUT2D eigenvalue weighted by Gasteiger charge is -2.15. The van der Waals surface area contributed by atoms with Gasteiger partial charge in [0.1, 0.15) is 11.4 Å². The Hall–Kier alpha value is -2.30. The maximum absolute atomic E-state index is 12.3. The quantitative estimate of drug-likeness (QED) is 0.896. The fourth-order valence-corrected chi connectivity index (χ4v) is 2.19. The molecule has 3 rings (SSSR count). The number of carbonyl (C=O) groups is 1. The zero-order chi connectivity index (χ0) is 14.1. The third kappa shape index (κ3) is 2.66. The Morgan fingerprint density at radius 2 is 2.10 bits per heavy atom. The molecule has 0 unspecified atom stereocenters. The lowest BCUT2D eigenvalue weighted by molar-refractivity contribution is 0.0779. The smallest absolute Gasteiger partial charge is 0.274 e. The third-order valence-corrected chi connectivity index (χ3v) is 3.54. The van der Waals surface area contributed by atoms with Gasteiger partial charge < -0.3 is 10.0 Å². The van der Waals surface area contributed by atoms with Gasteiger partial charge in [-0.3, -0.25) is 9.89 Å². The highest BCUT2D eigenvalue weighted by atomic mass is 16.3. The van der Waals surface area contributed by atoms with Gasteiger partial charge in [-0.05, 0) is 36.6 Å². The van der Waals surface area contributed by atoms with Crippen molar-refractivity contribution in [3.8, 4) is 5.75 Å². The van der Waals surface area contributed by atoms with Crippen molar-refractivity contribution >= 4 is 5.91 Å². The summed E-state index contributed by atoms with van der Waals surface area (Å²) in [5.41, 5.74) is 2.50. The van der Waals surface area contributed by atoms with E-state index in [2.05, 4.69) is 10.2 Å². The van der Waals surface area contributed by atoms with Gasteiger partial charge in [0.2, 0.25) is 0 Å². The minimum absolute atomic E-state index is 0.0961. The lowest BCUT2D eigenvalue weighted by Crippen LogP contribution is -2.26. The minimum atomic E-state index is -0.0961. The molecular formula is C15H17N3O2. The number of rotatable bonds is 4. The van der Waals surface area contributed by atoms with Crippen molar-refractivity contribution in [2.24, 2.45) is 0 Å². The molecule has 0 atom stereocenters. The van der Waals surface area contributed by atoms with Gasteiger partial charge in [-0.15, -0.1) is 0 Å². The molecule has 0 spiro atoms. The number of nitrogens with zero attached hydrogens (tertiary/aromatic N) is 2. The summed E-state index contributed by atoms with van der Waals surface area (Å²) in [6.45, 7) is 0.491. The second kappa shape index (κ2) is 5.00. The number of nitrogens with one attached hydrogen (secondary N) is 1. The van der Waals surface area contributed by atoms with Gasteiger partial charge in [-0.25, -0.2) is 0 Å². The number of hydrogen-bond donors (Lipinski definition) is 2. The van der Waals surface area contributed by atoms with Crippen molar-refractivity contribution in [2.45, 2.75) is 25.3 Å². The van der Waals surface area contributed by atoms with E-state index >= 15 is 0 Å². The minimum Gasteiger partial charge on any atom is -0.508 e. The Morgan fingerprint density at radius 1 is 1.40 bits per heavy atom. The van der Waals surface area contributed by atoms with Gasteiger partial charge in [0.15, 0.2) is 0 Å². The standard InChI is InChI=1S/C15H17N3O2/c1-18(9-10-2-6-12(19)7-3-10)15(20)14-8-13(16-17-14)11-4-5-11/h2-3,6-8,11,19H,4-5,9H2,1H3,(H,16,17). The topological polar surface area (TPSA) is 69.2 Å². The number of aromatic nitrogens is 2. The van der Waals surface area contributed by atoms with Crippen LogP contribution in [-0.4, -0.2) is 33.2 Å². The molecule has 0 radical (unpaired) electrons. The number of aromatic amines is 1. The Balaban J connectivity index is 1.67. The molecule has 1 fully saturated rings. The van der Waals surface area contributed by atoms with Crippen LogP contribution in [0.4, 0.5) is 0 Å². The number of H-pyrrole nitrogens is 1.